The van der Waals surface area contributed by atoms with Gasteiger partial charge in [0.2, 0.25) is 76.8 Å². The molecular weight excluding hydrogens is 1360 g/mol. The number of nitrogens with zero attached hydrogens (tertiary/aromatic N) is 8. The predicted molar refractivity (Wildman–Crippen MR) is 405 cm³/mol. The van der Waals surface area contributed by atoms with Gasteiger partial charge in [0.05, 0.1) is 32.2 Å². The van der Waals surface area contributed by atoms with Crippen LogP contribution in [0.25, 0.3) is 0 Å². The Hall–Kier alpha value is -6.97. The molecule has 604 valence electrons. The van der Waals surface area contributed by atoms with Gasteiger partial charge in [-0.05, 0) is 122 Å². The van der Waals surface area contributed by atoms with Gasteiger partial charge in [-0.15, -0.1) is 0 Å². The number of likely N-dealkylation sites (tertiary alicyclic amines) is 1. The van der Waals surface area contributed by atoms with Gasteiger partial charge in [-0.2, -0.15) is 0 Å². The molecule has 0 aromatic heterocycles. The highest BCUT2D eigenvalue weighted by molar-refractivity contribution is 6.00. The summed E-state index contributed by atoms with van der Waals surface area (Å²) in [6, 6.07) is -12.2. The Bertz CT molecular complexity index is 2910. The van der Waals surface area contributed by atoms with Crippen molar-refractivity contribution >= 4 is 76.8 Å². The molecule has 0 unspecified atom stereocenters. The third-order valence-electron chi connectivity index (χ3n) is 21.8. The molecule has 2 aliphatic heterocycles. The molecule has 4 rings (SSSR count). The van der Waals surface area contributed by atoms with Crippen molar-refractivity contribution in [3.05, 3.63) is 0 Å². The minimum atomic E-state index is -1.63. The molecule has 13 amide bonds. The summed E-state index contributed by atoms with van der Waals surface area (Å²) in [4.78, 5) is 205. The number of nitrogens with one attached hydrogen (secondary N) is 5. The van der Waals surface area contributed by atoms with Gasteiger partial charge in [0, 0.05) is 67.0 Å². The number of rotatable bonds is 22. The number of ether oxygens (including phenoxy) is 1. The number of amides is 13. The van der Waals surface area contributed by atoms with Crippen molar-refractivity contribution in [1.29, 1.82) is 0 Å². The number of aliphatic hydroxyl groups is 1. The normalized spacial score (nSPS) is 26.1. The second kappa shape index (κ2) is 44.5. The zero-order chi connectivity index (χ0) is 79.4. The largest absolute Gasteiger partial charge is 0.391 e. The molecule has 28 heteroatoms. The molecule has 28 nitrogen and oxygen atoms in total. The van der Waals surface area contributed by atoms with E-state index < -0.39 is 181 Å². The molecule has 0 aromatic carbocycles. The Balaban J connectivity index is 1.99. The predicted octanol–water partition coefficient (Wildman–Crippen LogP) is 5.15. The Morgan fingerprint density at radius 1 is 0.528 bits per heavy atom. The summed E-state index contributed by atoms with van der Waals surface area (Å²) < 4.78 is 5.92. The smallest absolute Gasteiger partial charge is 0.248 e. The Morgan fingerprint density at radius 2 is 0.991 bits per heavy atom. The van der Waals surface area contributed by atoms with E-state index in [4.69, 9.17) is 4.74 Å². The molecule has 0 spiro atoms. The molecule has 2 aliphatic carbocycles. The Labute approximate surface area is 633 Å². The highest BCUT2D eigenvalue weighted by Gasteiger charge is 2.44. The van der Waals surface area contributed by atoms with Gasteiger partial charge in [0.25, 0.3) is 0 Å². The topological polar surface area (TPSA) is 337 Å². The molecule has 4 aliphatic rings. The van der Waals surface area contributed by atoms with Gasteiger partial charge in [-0.25, -0.2) is 0 Å². The first-order valence-electron chi connectivity index (χ1n) is 39.8. The van der Waals surface area contributed by atoms with E-state index in [9.17, 15) is 29.1 Å². The molecule has 4 fully saturated rings. The maximum atomic E-state index is 15.5. The SMILES string of the molecule is CCCCN1CC(=O)N(C)[C@@H](CC(C)C)C(=O)N[C@@H]([C@@H](C)CC)C(=O)N(C)[C@@H](CC2CCCCC2)C(=O)N[C@@H]([C@@H](C)O)C(=O)N(CCCC)CC(=O)N(C)[C@@H](CC(C)C)C(=O)N(C)[C@@H](CC2CCCCC2)C(=O)N[C@@H](COCC(=O)NC(C)(C)C)C(=O)N(C)[C@@H](C)C(=O)N[C@H](C(=O)N2CCCCC2)CC1=O. The van der Waals surface area contributed by atoms with Crippen LogP contribution in [0.3, 0.4) is 0 Å². The third-order valence-corrected chi connectivity index (χ3v) is 21.8. The van der Waals surface area contributed by atoms with Crippen LogP contribution in [0.1, 0.15) is 238 Å². The summed E-state index contributed by atoms with van der Waals surface area (Å²) in [5, 5.41) is 25.8. The monoisotopic (exact) mass is 1500 g/mol. The van der Waals surface area contributed by atoms with E-state index in [0.717, 1.165) is 75.5 Å². The van der Waals surface area contributed by atoms with E-state index in [0.29, 0.717) is 58.0 Å². The number of carbonyl (C=O) groups is 13. The number of unbranched alkanes of at least 4 members (excludes halogenated alkanes) is 2. The fourth-order valence-electron chi connectivity index (χ4n) is 14.7. The molecule has 0 bridgehead atoms. The zero-order valence-corrected chi connectivity index (χ0v) is 67.8. The minimum Gasteiger partial charge on any atom is -0.391 e. The van der Waals surface area contributed by atoms with Gasteiger partial charge >= 0.3 is 0 Å². The van der Waals surface area contributed by atoms with Crippen molar-refractivity contribution in [2.45, 2.75) is 304 Å². The molecular formula is C78H137N13O15. The highest BCUT2D eigenvalue weighted by Crippen LogP contribution is 2.32. The van der Waals surface area contributed by atoms with Crippen LogP contribution < -0.4 is 26.6 Å². The Kier molecular flexibility index (Phi) is 38.4. The van der Waals surface area contributed by atoms with Crippen LogP contribution in [-0.4, -0.2) is 275 Å². The molecule has 0 aromatic rings. The number of carbonyl (C=O) groups excluding carboxylic acids is 13. The number of hydrogen-bond donors (Lipinski definition) is 6. The van der Waals surface area contributed by atoms with Crippen molar-refractivity contribution in [1.82, 2.24) is 65.8 Å². The molecule has 11 atom stereocenters. The molecule has 2 saturated carbocycles. The number of likely N-dealkylation sites (N-methyl/N-ethyl adjacent to an activating group) is 5. The number of piperidine rings is 1. The van der Waals surface area contributed by atoms with Crippen LogP contribution in [0.4, 0.5) is 0 Å². The average molecular weight is 1500 g/mol. The standard InChI is InChI=1S/C78H137N13O15/c1-19-22-37-90-46-65(95)85(15)59(41-50(4)5)71(99)81-67(52(8)21-3)76(104)88(18)61(44-56-35-29-25-30-36-56)72(100)82-68(54(10)92)77(105)91(38-23-20-2)47-66(96)86(16)62(42-51(6)7)75(103)87(17)60(43-55-33-27-24-28-34-55)70(98)80-58(48-106-49-63(93)83-78(11,12)13)73(101)84(14)53(9)69(97)79-57(45-64(90)94)74(102)89-39-31-26-32-40-89/h50-62,67-68,92H,19-49H2,1-18H3,(H,79,97)(H,80,98)(H,81,99)(H,82,100)(H,83,93)/t52-,53-,54+,57-,58-,59-,60-,61-,62-,67-,68-/m0/s1. The maximum Gasteiger partial charge on any atom is 0.248 e. The molecule has 2 saturated heterocycles. The number of hydrogen-bond acceptors (Lipinski definition) is 15. The quantitative estimate of drug-likeness (QED) is 0.0817. The van der Waals surface area contributed by atoms with Crippen LogP contribution >= 0.6 is 0 Å². The fraction of sp³-hybridized carbons (Fsp3) is 0.833. The van der Waals surface area contributed by atoms with Crippen molar-refractivity contribution < 1.29 is 72.2 Å². The van der Waals surface area contributed by atoms with Gasteiger partial charge in [0.1, 0.15) is 61.0 Å². The highest BCUT2D eigenvalue weighted by atomic mass is 16.5. The van der Waals surface area contributed by atoms with Gasteiger partial charge in [0.15, 0.2) is 0 Å². The summed E-state index contributed by atoms with van der Waals surface area (Å²) in [5.74, 6) is -9.87. The van der Waals surface area contributed by atoms with Crippen LogP contribution in [0.15, 0.2) is 0 Å². The lowest BCUT2D eigenvalue weighted by Gasteiger charge is -2.38. The summed E-state index contributed by atoms with van der Waals surface area (Å²) in [6.07, 6.45) is 11.6. The summed E-state index contributed by atoms with van der Waals surface area (Å²) in [7, 11) is 7.17. The summed E-state index contributed by atoms with van der Waals surface area (Å²) in [6.45, 7) is 21.6. The van der Waals surface area contributed by atoms with Gasteiger partial charge < -0.3 is 75.6 Å². The van der Waals surface area contributed by atoms with E-state index in [-0.39, 0.29) is 62.4 Å². The van der Waals surface area contributed by atoms with E-state index in [1.165, 1.54) is 78.5 Å². The van der Waals surface area contributed by atoms with Crippen molar-refractivity contribution in [3.8, 4) is 0 Å². The first-order valence-corrected chi connectivity index (χ1v) is 39.8. The van der Waals surface area contributed by atoms with Crippen LogP contribution in [0.5, 0.6) is 0 Å². The van der Waals surface area contributed by atoms with Crippen LogP contribution in [-0.2, 0) is 67.1 Å². The van der Waals surface area contributed by atoms with Crippen LogP contribution in [0, 0.1) is 29.6 Å². The number of aliphatic hydroxyl groups excluding tert-OH is 1. The lowest BCUT2D eigenvalue weighted by atomic mass is 9.84. The van der Waals surface area contributed by atoms with E-state index >= 15 is 38.4 Å². The van der Waals surface area contributed by atoms with E-state index in [2.05, 4.69) is 26.6 Å². The second-order valence-electron chi connectivity index (χ2n) is 32.7. The fourth-order valence-corrected chi connectivity index (χ4v) is 14.7. The lowest BCUT2D eigenvalue weighted by Crippen LogP contribution is -2.62. The average Bonchev–Trinajstić information content (AvgIpc) is 0.881. The molecule has 0 radical (unpaired) electrons. The zero-order valence-electron chi connectivity index (χ0n) is 67.8. The maximum absolute atomic E-state index is 15.5. The van der Waals surface area contributed by atoms with Crippen molar-refractivity contribution in [3.63, 3.8) is 0 Å². The van der Waals surface area contributed by atoms with Crippen LogP contribution in [0.2, 0.25) is 0 Å². The lowest BCUT2D eigenvalue weighted by molar-refractivity contribution is -0.152. The third kappa shape index (κ3) is 28.2. The first-order chi connectivity index (χ1) is 49.9. The summed E-state index contributed by atoms with van der Waals surface area (Å²) >= 11 is 0. The second-order valence-corrected chi connectivity index (χ2v) is 32.7. The molecule has 2 heterocycles. The van der Waals surface area contributed by atoms with Crippen molar-refractivity contribution in [2.75, 3.05) is 87.7 Å². The molecule has 6 N–H and O–H groups in total. The van der Waals surface area contributed by atoms with Crippen molar-refractivity contribution in [2.24, 2.45) is 29.6 Å². The Morgan fingerprint density at radius 3 is 1.49 bits per heavy atom. The minimum absolute atomic E-state index is 0.0107. The molecule has 106 heavy (non-hydrogen) atoms. The van der Waals surface area contributed by atoms with Gasteiger partial charge in [-0.3, -0.25) is 62.3 Å². The van der Waals surface area contributed by atoms with E-state index in [1.54, 1.807) is 32.6 Å². The van der Waals surface area contributed by atoms with Gasteiger partial charge in [-0.1, -0.05) is 139 Å². The van der Waals surface area contributed by atoms with E-state index in [1.807, 2.05) is 48.5 Å². The first kappa shape index (κ1) is 91.4. The summed E-state index contributed by atoms with van der Waals surface area (Å²) in [5.41, 5.74) is -0.660.